The molecule has 2 heterocycles. The smallest absolute Gasteiger partial charge is 0.345 e. The van der Waals surface area contributed by atoms with Gasteiger partial charge >= 0.3 is 17.1 Å². The van der Waals surface area contributed by atoms with E-state index in [1.807, 2.05) is 42.5 Å². The number of hydrogen-bond acceptors (Lipinski definition) is 0. The molecule has 0 spiro atoms. The molecule has 0 unspecified atom stereocenters. The Morgan fingerprint density at radius 2 is 1.20 bits per heavy atom. The molecule has 4 aromatic carbocycles. The fourth-order valence-electron chi connectivity index (χ4n) is 5.19. The minimum atomic E-state index is -0.842. The minimum absolute atomic E-state index is 0. The van der Waals surface area contributed by atoms with E-state index in [1.54, 1.807) is 12.5 Å². The van der Waals surface area contributed by atoms with Gasteiger partial charge in [-0.15, -0.1) is 17.4 Å². The second kappa shape index (κ2) is 14.8. The van der Waals surface area contributed by atoms with E-state index in [4.69, 9.17) is 8.83 Å². The maximum Gasteiger partial charge on any atom is 2.00 e. The molecule has 0 aliphatic carbocycles. The Labute approximate surface area is 257 Å². The van der Waals surface area contributed by atoms with Crippen molar-refractivity contribution in [1.29, 1.82) is 0 Å². The molecule has 5 heteroatoms. The molecular formula is C36H36FeO2P2. The zero-order chi connectivity index (χ0) is 27.9. The average molecular weight is 618 g/mol. The van der Waals surface area contributed by atoms with E-state index in [-0.39, 0.29) is 17.1 Å². The van der Waals surface area contributed by atoms with Crippen molar-refractivity contribution in [3.63, 3.8) is 0 Å². The third-order valence-electron chi connectivity index (χ3n) is 6.77. The van der Waals surface area contributed by atoms with Crippen LogP contribution in [0.15, 0.2) is 131 Å². The molecule has 0 fully saturated rings. The third kappa shape index (κ3) is 8.09. The van der Waals surface area contributed by atoms with Gasteiger partial charge in [-0.1, -0.05) is 77.2 Å². The summed E-state index contributed by atoms with van der Waals surface area (Å²) in [6.45, 7) is 8.84. The Bertz CT molecular complexity index is 1450. The van der Waals surface area contributed by atoms with E-state index >= 15 is 0 Å². The molecule has 0 atom stereocenters. The zero-order valence-electron chi connectivity index (χ0n) is 24.0. The summed E-state index contributed by atoms with van der Waals surface area (Å²) in [5.74, 6) is 0. The summed E-state index contributed by atoms with van der Waals surface area (Å²) in [7, 11) is -1.32. The van der Waals surface area contributed by atoms with Gasteiger partial charge in [0.15, 0.2) is 12.5 Å². The fourth-order valence-corrected chi connectivity index (χ4v) is 10.1. The Hall–Kier alpha value is -2.92. The van der Waals surface area contributed by atoms with Crippen LogP contribution in [-0.4, -0.2) is 6.16 Å². The molecule has 2 aromatic heterocycles. The van der Waals surface area contributed by atoms with Crippen LogP contribution in [0.3, 0.4) is 0 Å². The predicted octanol–water partition coefficient (Wildman–Crippen LogP) is 7.66. The van der Waals surface area contributed by atoms with Crippen LogP contribution in [0.5, 0.6) is 0 Å². The molecule has 0 N–H and O–H groups in total. The SMILES string of the molecule is Cc1cc(C)cc(P(CCc2cc[cH-]c2P([c-]2ccc[o+]2)[c-]2ccc[o+]2)c2cc(C)cc(C)c2)c1.[Fe+2].c1cc[cH-]c1. The largest absolute Gasteiger partial charge is 2.00 e. The third-order valence-corrected chi connectivity index (χ3v) is 11.5. The molecule has 6 aromatic rings. The monoisotopic (exact) mass is 618 g/mol. The molecule has 41 heavy (non-hydrogen) atoms. The molecule has 0 saturated carbocycles. The van der Waals surface area contributed by atoms with Gasteiger partial charge in [0, 0.05) is 7.92 Å². The van der Waals surface area contributed by atoms with Crippen molar-refractivity contribution in [2.45, 2.75) is 34.1 Å². The van der Waals surface area contributed by atoms with Crippen LogP contribution in [0, 0.1) is 27.7 Å². The summed E-state index contributed by atoms with van der Waals surface area (Å²) in [5, 5.41) is 4.27. The maximum atomic E-state index is 5.89. The first-order valence-electron chi connectivity index (χ1n) is 13.7. The van der Waals surface area contributed by atoms with Crippen molar-refractivity contribution < 1.29 is 25.9 Å². The first-order valence-corrected chi connectivity index (χ1v) is 16.6. The summed E-state index contributed by atoms with van der Waals surface area (Å²) < 4.78 is 11.8. The van der Waals surface area contributed by atoms with Crippen LogP contribution in [-0.2, 0) is 23.5 Å². The normalized spacial score (nSPS) is 10.9. The summed E-state index contributed by atoms with van der Waals surface area (Å²) in [6.07, 6.45) is 5.65. The van der Waals surface area contributed by atoms with Crippen molar-refractivity contribution in [2.75, 3.05) is 6.16 Å². The van der Waals surface area contributed by atoms with Crippen LogP contribution in [0.2, 0.25) is 0 Å². The van der Waals surface area contributed by atoms with E-state index in [9.17, 15) is 0 Å². The Balaban J connectivity index is 0.000000584. The van der Waals surface area contributed by atoms with E-state index in [0.717, 1.165) is 23.6 Å². The van der Waals surface area contributed by atoms with Gasteiger partial charge in [-0.3, -0.25) is 0 Å². The van der Waals surface area contributed by atoms with Gasteiger partial charge in [0.05, 0.1) is 0 Å². The van der Waals surface area contributed by atoms with E-state index < -0.39 is 15.8 Å². The Kier molecular flexibility index (Phi) is 11.2. The molecule has 0 amide bonds. The number of rotatable bonds is 8. The summed E-state index contributed by atoms with van der Waals surface area (Å²) in [4.78, 5) is 0. The molecule has 6 rings (SSSR count). The van der Waals surface area contributed by atoms with Gasteiger partial charge in [-0.2, -0.15) is 35.9 Å². The standard InChI is InChI=1S/C31H31O2P2.C5H5.Fe/c1-22-16-23(2)19-27(18-22)34(28-20-24(3)17-25(4)21-28)15-12-26-8-5-9-29(26)35(30-10-6-13-32-30)31-11-7-14-33-31;1-2-4-5-3-1;/h5-11,13-14,16-21H,12,15H2,1-4H3;1-5H;/q2*-1;+2. The van der Waals surface area contributed by atoms with E-state index in [2.05, 4.69) is 94.4 Å². The number of hydrogen-bond donors (Lipinski definition) is 0. The second-order valence-electron chi connectivity index (χ2n) is 10.2. The van der Waals surface area contributed by atoms with Gasteiger partial charge in [0.25, 0.3) is 0 Å². The van der Waals surface area contributed by atoms with Crippen LogP contribution in [0.4, 0.5) is 0 Å². The molecule has 0 aliphatic heterocycles. The van der Waals surface area contributed by atoms with Crippen LogP contribution in [0.1, 0.15) is 27.8 Å². The first-order chi connectivity index (χ1) is 19.5. The summed E-state index contributed by atoms with van der Waals surface area (Å²) in [6, 6.07) is 38.9. The second-order valence-corrected chi connectivity index (χ2v) is 14.6. The van der Waals surface area contributed by atoms with Gasteiger partial charge in [-0.25, -0.2) is 18.2 Å². The Morgan fingerprint density at radius 3 is 1.61 bits per heavy atom. The van der Waals surface area contributed by atoms with Gasteiger partial charge in [0.1, 0.15) is 0 Å². The van der Waals surface area contributed by atoms with Crippen molar-refractivity contribution in [1.82, 2.24) is 0 Å². The van der Waals surface area contributed by atoms with Crippen LogP contribution in [0.25, 0.3) is 0 Å². The number of aryl methyl sites for hydroxylation is 5. The molecule has 0 aliphatic rings. The molecule has 0 radical (unpaired) electrons. The number of furan rings is 2. The molecular weight excluding hydrogens is 582 g/mol. The van der Waals surface area contributed by atoms with Crippen molar-refractivity contribution >= 4 is 42.8 Å². The molecule has 2 nitrogen and oxygen atoms in total. The van der Waals surface area contributed by atoms with Gasteiger partial charge in [-0.05, 0) is 52.4 Å². The van der Waals surface area contributed by atoms with Gasteiger partial charge in [0.2, 0.25) is 11.0 Å². The van der Waals surface area contributed by atoms with Crippen molar-refractivity contribution in [3.8, 4) is 0 Å². The van der Waals surface area contributed by atoms with Crippen LogP contribution >= 0.6 is 15.8 Å². The van der Waals surface area contributed by atoms with E-state index in [1.165, 1.54) is 43.7 Å². The minimum Gasteiger partial charge on any atom is -0.345 e. The molecule has 0 bridgehead atoms. The fraction of sp³-hybridized carbons (Fsp3) is 0.167. The molecule has 0 saturated heterocycles. The summed E-state index contributed by atoms with van der Waals surface area (Å²) >= 11 is 0. The zero-order valence-corrected chi connectivity index (χ0v) is 26.9. The van der Waals surface area contributed by atoms with E-state index in [0.29, 0.717) is 0 Å². The topological polar surface area (TPSA) is 22.6 Å². The quantitative estimate of drug-likeness (QED) is 0.0757. The first kappa shape index (κ1) is 31.0. The summed E-state index contributed by atoms with van der Waals surface area (Å²) in [5.41, 5.74) is 8.71. The van der Waals surface area contributed by atoms with Crippen molar-refractivity contribution in [3.05, 3.63) is 150 Å². The average Bonchev–Trinajstić information content (AvgIpc) is 3.75. The van der Waals surface area contributed by atoms with Crippen molar-refractivity contribution in [2.24, 2.45) is 0 Å². The maximum absolute atomic E-state index is 5.89. The van der Waals surface area contributed by atoms with Gasteiger partial charge < -0.3 is 8.83 Å². The Morgan fingerprint density at radius 1 is 0.683 bits per heavy atom. The number of benzene rings is 2. The molecule has 210 valence electrons. The van der Waals surface area contributed by atoms with Crippen LogP contribution < -0.4 is 26.9 Å². The predicted molar refractivity (Wildman–Crippen MR) is 174 cm³/mol.